The second kappa shape index (κ2) is 6.34. The number of ether oxygens (including phenoxy) is 1. The minimum atomic E-state index is -0.391. The first kappa shape index (κ1) is 15.0. The maximum Gasteiger partial charge on any atom is 0.359 e. The van der Waals surface area contributed by atoms with Crippen LogP contribution in [0.2, 0.25) is 0 Å². The predicted octanol–water partition coefficient (Wildman–Crippen LogP) is 3.06. The highest BCUT2D eigenvalue weighted by Crippen LogP contribution is 2.21. The van der Waals surface area contributed by atoms with Gasteiger partial charge in [0.25, 0.3) is 0 Å². The molecule has 0 aliphatic rings. The highest BCUT2D eigenvalue weighted by molar-refractivity contribution is 14.1. The molecule has 1 atom stereocenters. The van der Waals surface area contributed by atoms with Crippen molar-refractivity contribution >= 4 is 28.6 Å². The zero-order chi connectivity index (χ0) is 14.7. The molecule has 0 N–H and O–H groups in total. The van der Waals surface area contributed by atoms with E-state index < -0.39 is 5.97 Å². The summed E-state index contributed by atoms with van der Waals surface area (Å²) >= 11 is 2.00. The largest absolute Gasteiger partial charge is 0.458 e. The zero-order valence-corrected chi connectivity index (χ0v) is 13.7. The molecule has 0 saturated heterocycles. The summed E-state index contributed by atoms with van der Waals surface area (Å²) < 4.78 is 7.42. The Labute approximate surface area is 131 Å². The van der Waals surface area contributed by atoms with Gasteiger partial charge in [0.2, 0.25) is 0 Å². The second-order valence-corrected chi connectivity index (χ2v) is 5.74. The van der Waals surface area contributed by atoms with Gasteiger partial charge in [-0.1, -0.05) is 35.5 Å². The van der Waals surface area contributed by atoms with Gasteiger partial charge in [-0.05, 0) is 48.9 Å². The van der Waals surface area contributed by atoms with Crippen molar-refractivity contribution in [1.29, 1.82) is 0 Å². The van der Waals surface area contributed by atoms with E-state index in [2.05, 4.69) is 10.3 Å². The van der Waals surface area contributed by atoms with Crippen LogP contribution in [0.4, 0.5) is 0 Å². The van der Waals surface area contributed by atoms with Crippen molar-refractivity contribution in [3.8, 4) is 0 Å². The molecule has 2 aromatic rings. The predicted molar refractivity (Wildman–Crippen MR) is 83.5 cm³/mol. The van der Waals surface area contributed by atoms with Gasteiger partial charge >= 0.3 is 5.97 Å². The molecular weight excluding hydrogens is 369 g/mol. The number of nitrogens with zero attached hydrogens (tertiary/aromatic N) is 3. The van der Waals surface area contributed by atoms with Crippen molar-refractivity contribution in [2.45, 2.75) is 32.9 Å². The van der Waals surface area contributed by atoms with E-state index in [9.17, 15) is 4.79 Å². The molecule has 0 fully saturated rings. The fourth-order valence-electron chi connectivity index (χ4n) is 1.87. The molecule has 0 spiro atoms. The third-order valence-corrected chi connectivity index (χ3v) is 3.56. The molecule has 0 radical (unpaired) electrons. The topological polar surface area (TPSA) is 57.0 Å². The standard InChI is InChI=1S/C14H16IN3O2/c1-9(2)20-14(19)12-13(15)16-17-18(12)10(3)11-7-5-4-6-8-11/h4-10H,1-3H3/t10-/m1/s1. The average Bonchev–Trinajstić information content (AvgIpc) is 2.80. The van der Waals surface area contributed by atoms with Gasteiger partial charge in [-0.3, -0.25) is 0 Å². The van der Waals surface area contributed by atoms with Gasteiger partial charge in [0, 0.05) is 0 Å². The van der Waals surface area contributed by atoms with Crippen LogP contribution in [-0.2, 0) is 4.74 Å². The van der Waals surface area contributed by atoms with Gasteiger partial charge < -0.3 is 4.74 Å². The van der Waals surface area contributed by atoms with E-state index in [0.29, 0.717) is 9.39 Å². The normalized spacial score (nSPS) is 12.4. The maximum atomic E-state index is 12.2. The van der Waals surface area contributed by atoms with Crippen LogP contribution in [0, 0.1) is 3.70 Å². The lowest BCUT2D eigenvalue weighted by Gasteiger charge is -2.15. The number of carbonyl (C=O) groups excluding carboxylic acids is 1. The lowest BCUT2D eigenvalue weighted by Crippen LogP contribution is -2.20. The first-order valence-electron chi connectivity index (χ1n) is 6.37. The maximum absolute atomic E-state index is 12.2. The molecule has 0 amide bonds. The van der Waals surface area contributed by atoms with Crippen LogP contribution < -0.4 is 0 Å². The molecule has 0 aliphatic heterocycles. The molecule has 2 rings (SSSR count). The minimum absolute atomic E-state index is 0.0815. The Balaban J connectivity index is 2.36. The van der Waals surface area contributed by atoms with Crippen LogP contribution in [0.15, 0.2) is 30.3 Å². The lowest BCUT2D eigenvalue weighted by molar-refractivity contribution is 0.0360. The summed E-state index contributed by atoms with van der Waals surface area (Å²) in [5, 5.41) is 8.07. The van der Waals surface area contributed by atoms with Gasteiger partial charge in [-0.2, -0.15) is 0 Å². The minimum Gasteiger partial charge on any atom is -0.458 e. The molecular formula is C14H16IN3O2. The summed E-state index contributed by atoms with van der Waals surface area (Å²) in [6, 6.07) is 9.78. The highest BCUT2D eigenvalue weighted by atomic mass is 127. The number of hydrogen-bond donors (Lipinski definition) is 0. The zero-order valence-electron chi connectivity index (χ0n) is 11.6. The summed E-state index contributed by atoms with van der Waals surface area (Å²) in [4.78, 5) is 12.2. The van der Waals surface area contributed by atoms with E-state index >= 15 is 0 Å². The van der Waals surface area contributed by atoms with Crippen molar-refractivity contribution in [1.82, 2.24) is 15.0 Å². The molecule has 0 aliphatic carbocycles. The van der Waals surface area contributed by atoms with E-state index in [1.165, 1.54) is 0 Å². The smallest absolute Gasteiger partial charge is 0.359 e. The van der Waals surface area contributed by atoms with E-state index in [0.717, 1.165) is 5.56 Å². The average molecular weight is 385 g/mol. The monoisotopic (exact) mass is 385 g/mol. The first-order valence-corrected chi connectivity index (χ1v) is 7.45. The van der Waals surface area contributed by atoms with Crippen LogP contribution in [0.5, 0.6) is 0 Å². The second-order valence-electron chi connectivity index (χ2n) is 4.71. The molecule has 20 heavy (non-hydrogen) atoms. The highest BCUT2D eigenvalue weighted by Gasteiger charge is 2.24. The van der Waals surface area contributed by atoms with Crippen LogP contribution in [0.3, 0.4) is 0 Å². The molecule has 6 heteroatoms. The SMILES string of the molecule is CC(C)OC(=O)c1c(I)nnn1[C@H](C)c1ccccc1. The lowest BCUT2D eigenvalue weighted by atomic mass is 10.1. The molecule has 0 bridgehead atoms. The molecule has 0 unspecified atom stereocenters. The van der Waals surface area contributed by atoms with Gasteiger partial charge in [0.05, 0.1) is 12.1 Å². The summed E-state index contributed by atoms with van der Waals surface area (Å²) in [7, 11) is 0. The Kier molecular flexibility index (Phi) is 4.74. The van der Waals surface area contributed by atoms with Crippen LogP contribution >= 0.6 is 22.6 Å². The fraction of sp³-hybridized carbons (Fsp3) is 0.357. The van der Waals surface area contributed by atoms with E-state index in [-0.39, 0.29) is 12.1 Å². The first-order chi connectivity index (χ1) is 9.50. The number of carbonyl (C=O) groups is 1. The Morgan fingerprint density at radius 2 is 1.90 bits per heavy atom. The number of hydrogen-bond acceptors (Lipinski definition) is 4. The van der Waals surface area contributed by atoms with Gasteiger partial charge in [-0.15, -0.1) is 5.10 Å². The van der Waals surface area contributed by atoms with Crippen molar-refractivity contribution in [2.75, 3.05) is 0 Å². The Bertz CT molecular complexity index is 596. The van der Waals surface area contributed by atoms with Crippen LogP contribution in [0.1, 0.15) is 42.9 Å². The van der Waals surface area contributed by atoms with Crippen molar-refractivity contribution in [3.05, 3.63) is 45.3 Å². The molecule has 0 saturated carbocycles. The van der Waals surface area contributed by atoms with Gasteiger partial charge in [0.1, 0.15) is 0 Å². The third-order valence-electron chi connectivity index (χ3n) is 2.84. The molecule has 1 aromatic heterocycles. The van der Waals surface area contributed by atoms with Crippen molar-refractivity contribution in [3.63, 3.8) is 0 Å². The molecule has 1 heterocycles. The summed E-state index contributed by atoms with van der Waals surface area (Å²) in [6.07, 6.45) is -0.173. The van der Waals surface area contributed by atoms with E-state index in [1.807, 2.05) is 73.7 Å². The van der Waals surface area contributed by atoms with Gasteiger partial charge in [-0.25, -0.2) is 9.48 Å². The molecule has 1 aromatic carbocycles. The summed E-state index contributed by atoms with van der Waals surface area (Å²) in [6.45, 7) is 5.62. The summed E-state index contributed by atoms with van der Waals surface area (Å²) in [5.74, 6) is -0.391. The number of esters is 1. The van der Waals surface area contributed by atoms with Gasteiger partial charge in [0.15, 0.2) is 9.39 Å². The number of halogens is 1. The Hall–Kier alpha value is -1.44. The number of rotatable bonds is 4. The third kappa shape index (κ3) is 3.17. The van der Waals surface area contributed by atoms with E-state index in [1.54, 1.807) is 4.68 Å². The number of benzene rings is 1. The van der Waals surface area contributed by atoms with Crippen LogP contribution in [0.25, 0.3) is 0 Å². The number of aromatic nitrogens is 3. The fourth-order valence-corrected chi connectivity index (χ4v) is 2.43. The molecule has 106 valence electrons. The Morgan fingerprint density at radius 3 is 2.50 bits per heavy atom. The Morgan fingerprint density at radius 1 is 1.25 bits per heavy atom. The summed E-state index contributed by atoms with van der Waals surface area (Å²) in [5.41, 5.74) is 1.46. The molecule has 5 nitrogen and oxygen atoms in total. The van der Waals surface area contributed by atoms with E-state index in [4.69, 9.17) is 4.74 Å². The van der Waals surface area contributed by atoms with Crippen molar-refractivity contribution < 1.29 is 9.53 Å². The van der Waals surface area contributed by atoms with Crippen molar-refractivity contribution in [2.24, 2.45) is 0 Å². The van der Waals surface area contributed by atoms with Crippen LogP contribution in [-0.4, -0.2) is 27.1 Å². The quantitative estimate of drug-likeness (QED) is 0.600.